The number of aromatic amines is 1. The molecule has 0 spiro atoms. The molecule has 0 aliphatic heterocycles. The lowest BCUT2D eigenvalue weighted by molar-refractivity contribution is -0.140. The quantitative estimate of drug-likeness (QED) is 0.792. The SMILES string of the molecule is O=C(O)C1CC1C(=O)NCCc1c[nH]c2ccc(Cl)cc12. The first-order valence-electron chi connectivity index (χ1n) is 6.82. The molecule has 0 bridgehead atoms. The first kappa shape index (κ1) is 13.9. The number of carbonyl (C=O) groups is 2. The standard InChI is InChI=1S/C15H15ClN2O3/c16-9-1-2-13-10(5-9)8(7-18-13)3-4-17-14(19)11-6-12(11)15(20)21/h1-2,5,7,11-12,18H,3-4,6H2,(H,17,19)(H,20,21). The summed E-state index contributed by atoms with van der Waals surface area (Å²) >= 11 is 5.99. The van der Waals surface area contributed by atoms with Crippen molar-refractivity contribution in [3.8, 4) is 0 Å². The summed E-state index contributed by atoms with van der Waals surface area (Å²) in [5, 5.41) is 13.3. The molecule has 1 aliphatic carbocycles. The van der Waals surface area contributed by atoms with Gasteiger partial charge < -0.3 is 15.4 Å². The van der Waals surface area contributed by atoms with E-state index < -0.39 is 11.9 Å². The van der Waals surface area contributed by atoms with Gasteiger partial charge in [0.2, 0.25) is 5.91 Å². The number of carbonyl (C=O) groups excluding carboxylic acids is 1. The number of hydrogen-bond acceptors (Lipinski definition) is 2. The van der Waals surface area contributed by atoms with Crippen LogP contribution in [0.1, 0.15) is 12.0 Å². The molecular formula is C15H15ClN2O3. The fourth-order valence-corrected chi connectivity index (χ4v) is 2.74. The molecule has 1 aliphatic rings. The number of aliphatic carboxylic acids is 1. The lowest BCUT2D eigenvalue weighted by Crippen LogP contribution is -2.28. The van der Waals surface area contributed by atoms with E-state index in [1.54, 1.807) is 0 Å². The maximum absolute atomic E-state index is 11.8. The smallest absolute Gasteiger partial charge is 0.307 e. The van der Waals surface area contributed by atoms with Gasteiger partial charge in [0.05, 0.1) is 11.8 Å². The summed E-state index contributed by atoms with van der Waals surface area (Å²) < 4.78 is 0. The van der Waals surface area contributed by atoms with E-state index in [1.807, 2.05) is 24.4 Å². The molecule has 0 saturated heterocycles. The van der Waals surface area contributed by atoms with Crippen molar-refractivity contribution < 1.29 is 14.7 Å². The molecule has 2 aromatic rings. The summed E-state index contributed by atoms with van der Waals surface area (Å²) in [5.41, 5.74) is 2.09. The largest absolute Gasteiger partial charge is 0.481 e. The van der Waals surface area contributed by atoms with Crippen molar-refractivity contribution in [1.29, 1.82) is 0 Å². The molecule has 0 radical (unpaired) electrons. The third-order valence-corrected chi connectivity index (χ3v) is 4.10. The highest BCUT2D eigenvalue weighted by molar-refractivity contribution is 6.31. The van der Waals surface area contributed by atoms with Crippen LogP contribution in [-0.4, -0.2) is 28.5 Å². The van der Waals surface area contributed by atoms with Gasteiger partial charge in [0.1, 0.15) is 0 Å². The fourth-order valence-electron chi connectivity index (χ4n) is 2.57. The van der Waals surface area contributed by atoms with Crippen LogP contribution >= 0.6 is 11.6 Å². The Morgan fingerprint density at radius 1 is 1.38 bits per heavy atom. The van der Waals surface area contributed by atoms with Crippen molar-refractivity contribution in [1.82, 2.24) is 10.3 Å². The molecule has 1 saturated carbocycles. The van der Waals surface area contributed by atoms with Gasteiger partial charge in [-0.15, -0.1) is 0 Å². The molecule has 6 heteroatoms. The van der Waals surface area contributed by atoms with Crippen LogP contribution in [0.15, 0.2) is 24.4 Å². The summed E-state index contributed by atoms with van der Waals surface area (Å²) in [4.78, 5) is 25.6. The molecule has 1 heterocycles. The number of amides is 1. The highest BCUT2D eigenvalue weighted by atomic mass is 35.5. The second kappa shape index (κ2) is 5.41. The molecular weight excluding hydrogens is 292 g/mol. The van der Waals surface area contributed by atoms with E-state index in [2.05, 4.69) is 10.3 Å². The Morgan fingerprint density at radius 2 is 2.19 bits per heavy atom. The first-order chi connectivity index (χ1) is 10.1. The first-order valence-corrected chi connectivity index (χ1v) is 7.20. The van der Waals surface area contributed by atoms with E-state index in [4.69, 9.17) is 16.7 Å². The second-order valence-corrected chi connectivity index (χ2v) is 5.77. The number of rotatable bonds is 5. The van der Waals surface area contributed by atoms with Gasteiger partial charge in [0, 0.05) is 28.7 Å². The number of aromatic nitrogens is 1. The van der Waals surface area contributed by atoms with E-state index in [0.717, 1.165) is 16.5 Å². The van der Waals surface area contributed by atoms with Crippen molar-refractivity contribution in [2.45, 2.75) is 12.8 Å². The number of hydrogen-bond donors (Lipinski definition) is 3. The Balaban J connectivity index is 1.56. The number of nitrogens with one attached hydrogen (secondary N) is 2. The van der Waals surface area contributed by atoms with Crippen LogP contribution < -0.4 is 5.32 Å². The second-order valence-electron chi connectivity index (χ2n) is 5.33. The van der Waals surface area contributed by atoms with E-state index in [1.165, 1.54) is 0 Å². The molecule has 1 aromatic carbocycles. The normalized spacial score (nSPS) is 20.4. The van der Waals surface area contributed by atoms with Crippen LogP contribution in [0, 0.1) is 11.8 Å². The highest BCUT2D eigenvalue weighted by Gasteiger charge is 2.48. The average molecular weight is 307 g/mol. The molecule has 3 rings (SSSR count). The van der Waals surface area contributed by atoms with Crippen LogP contribution in [0.4, 0.5) is 0 Å². The average Bonchev–Trinajstić information content (AvgIpc) is 3.16. The van der Waals surface area contributed by atoms with Crippen LogP contribution in [0.3, 0.4) is 0 Å². The maximum atomic E-state index is 11.8. The fraction of sp³-hybridized carbons (Fsp3) is 0.333. The maximum Gasteiger partial charge on any atom is 0.307 e. The van der Waals surface area contributed by atoms with Gasteiger partial charge in [-0.2, -0.15) is 0 Å². The predicted molar refractivity (Wildman–Crippen MR) is 79.3 cm³/mol. The van der Waals surface area contributed by atoms with Crippen LogP contribution in [0.2, 0.25) is 5.02 Å². The minimum Gasteiger partial charge on any atom is -0.481 e. The number of fused-ring (bicyclic) bond motifs is 1. The van der Waals surface area contributed by atoms with Crippen molar-refractivity contribution in [2.75, 3.05) is 6.54 Å². The van der Waals surface area contributed by atoms with Crippen molar-refractivity contribution >= 4 is 34.4 Å². The molecule has 1 amide bonds. The Morgan fingerprint density at radius 3 is 2.90 bits per heavy atom. The number of carboxylic acid groups (broad SMARTS) is 1. The van der Waals surface area contributed by atoms with Crippen molar-refractivity contribution in [2.24, 2.45) is 11.8 Å². The number of halogens is 1. The van der Waals surface area contributed by atoms with Gasteiger partial charge in [0.25, 0.3) is 0 Å². The molecule has 3 N–H and O–H groups in total. The topological polar surface area (TPSA) is 82.2 Å². The van der Waals surface area contributed by atoms with Crippen LogP contribution in [-0.2, 0) is 16.0 Å². The zero-order valence-corrected chi connectivity index (χ0v) is 12.0. The van der Waals surface area contributed by atoms with Gasteiger partial charge in [-0.3, -0.25) is 9.59 Å². The third kappa shape index (κ3) is 2.88. The van der Waals surface area contributed by atoms with Gasteiger partial charge in [-0.25, -0.2) is 0 Å². The van der Waals surface area contributed by atoms with Gasteiger partial charge in [0.15, 0.2) is 0 Å². The van der Waals surface area contributed by atoms with Crippen LogP contribution in [0.5, 0.6) is 0 Å². The van der Waals surface area contributed by atoms with E-state index in [-0.39, 0.29) is 11.8 Å². The van der Waals surface area contributed by atoms with Gasteiger partial charge in [-0.1, -0.05) is 11.6 Å². The highest BCUT2D eigenvalue weighted by Crippen LogP contribution is 2.38. The third-order valence-electron chi connectivity index (χ3n) is 3.87. The van der Waals surface area contributed by atoms with Crippen LogP contribution in [0.25, 0.3) is 10.9 Å². The summed E-state index contributed by atoms with van der Waals surface area (Å²) in [7, 11) is 0. The molecule has 5 nitrogen and oxygen atoms in total. The zero-order chi connectivity index (χ0) is 15.0. The molecule has 2 unspecified atom stereocenters. The Hall–Kier alpha value is -2.01. The Kier molecular flexibility index (Phi) is 3.59. The summed E-state index contributed by atoms with van der Waals surface area (Å²) in [5.74, 6) is -1.92. The van der Waals surface area contributed by atoms with Gasteiger partial charge in [-0.05, 0) is 36.6 Å². The molecule has 1 aromatic heterocycles. The summed E-state index contributed by atoms with van der Waals surface area (Å²) in [6, 6.07) is 5.64. The van der Waals surface area contributed by atoms with E-state index >= 15 is 0 Å². The van der Waals surface area contributed by atoms with Crippen molar-refractivity contribution in [3.63, 3.8) is 0 Å². The number of benzene rings is 1. The minimum atomic E-state index is -0.888. The lowest BCUT2D eigenvalue weighted by Gasteiger charge is -2.04. The molecule has 2 atom stereocenters. The van der Waals surface area contributed by atoms with Gasteiger partial charge >= 0.3 is 5.97 Å². The monoisotopic (exact) mass is 306 g/mol. The molecule has 21 heavy (non-hydrogen) atoms. The molecule has 110 valence electrons. The zero-order valence-electron chi connectivity index (χ0n) is 11.2. The predicted octanol–water partition coefficient (Wildman–Crippen LogP) is 2.20. The van der Waals surface area contributed by atoms with E-state index in [0.29, 0.717) is 24.4 Å². The summed E-state index contributed by atoms with van der Waals surface area (Å²) in [6.45, 7) is 0.487. The number of carboxylic acids is 1. The Bertz CT molecular complexity index is 710. The van der Waals surface area contributed by atoms with Crippen molar-refractivity contribution in [3.05, 3.63) is 35.0 Å². The molecule has 1 fully saturated rings. The minimum absolute atomic E-state index is 0.166. The van der Waals surface area contributed by atoms with E-state index in [9.17, 15) is 9.59 Å². The number of H-pyrrole nitrogens is 1. The Labute approximate surface area is 126 Å². The lowest BCUT2D eigenvalue weighted by atomic mass is 10.1. The summed E-state index contributed by atoms with van der Waals surface area (Å²) in [6.07, 6.45) is 3.03.